The summed E-state index contributed by atoms with van der Waals surface area (Å²) in [4.78, 5) is 64.5. The summed E-state index contributed by atoms with van der Waals surface area (Å²) in [5.74, 6) is -2.75. The molecule has 1 fully saturated rings. The second-order valence-corrected chi connectivity index (χ2v) is 9.38. The van der Waals surface area contributed by atoms with Crippen LogP contribution in [-0.2, 0) is 36.9 Å². The average Bonchev–Trinajstić information content (AvgIpc) is 3.31. The Labute approximate surface area is 221 Å². The predicted octanol–water partition coefficient (Wildman–Crippen LogP) is 2.06. The zero-order chi connectivity index (χ0) is 27.7. The molecule has 10 nitrogen and oxygen atoms in total. The summed E-state index contributed by atoms with van der Waals surface area (Å²) in [5.41, 5.74) is 7.10. The molecule has 5 amide bonds. The zero-order valence-corrected chi connectivity index (χ0v) is 21.6. The Hall–Kier alpha value is -4.21. The van der Waals surface area contributed by atoms with Crippen molar-refractivity contribution in [2.45, 2.75) is 64.3 Å². The van der Waals surface area contributed by atoms with Crippen LogP contribution in [0.2, 0.25) is 0 Å². The van der Waals surface area contributed by atoms with E-state index in [-0.39, 0.29) is 31.8 Å². The molecule has 0 saturated carbocycles. The second-order valence-electron chi connectivity index (χ2n) is 9.38. The van der Waals surface area contributed by atoms with Crippen LogP contribution in [0.25, 0.3) is 0 Å². The highest BCUT2D eigenvalue weighted by Crippen LogP contribution is 2.22. The molecule has 3 rings (SSSR count). The van der Waals surface area contributed by atoms with E-state index in [0.717, 1.165) is 16.0 Å². The molecule has 1 saturated heterocycles. The topological polar surface area (TPSA) is 148 Å². The molecular weight excluding hydrogens is 488 g/mol. The van der Waals surface area contributed by atoms with Crippen molar-refractivity contribution in [3.05, 3.63) is 71.8 Å². The third kappa shape index (κ3) is 7.41. The van der Waals surface area contributed by atoms with Gasteiger partial charge in [-0.2, -0.15) is 0 Å². The normalized spacial score (nSPS) is 17.3. The van der Waals surface area contributed by atoms with Gasteiger partial charge in [-0.15, -0.1) is 0 Å². The van der Waals surface area contributed by atoms with E-state index in [1.54, 1.807) is 31.2 Å². The average molecular weight is 523 g/mol. The van der Waals surface area contributed by atoms with Crippen LogP contribution in [0.15, 0.2) is 60.7 Å². The lowest BCUT2D eigenvalue weighted by atomic mass is 9.96. The van der Waals surface area contributed by atoms with Crippen LogP contribution in [-0.4, -0.2) is 52.7 Å². The number of hydrogen-bond donors (Lipinski definition) is 3. The summed E-state index contributed by atoms with van der Waals surface area (Å²) in [7, 11) is 0. The van der Waals surface area contributed by atoms with E-state index >= 15 is 0 Å². The third-order valence-corrected chi connectivity index (χ3v) is 6.65. The highest BCUT2D eigenvalue weighted by atomic mass is 16.6. The molecule has 4 N–H and O–H groups in total. The first kappa shape index (κ1) is 28.4. The van der Waals surface area contributed by atoms with Gasteiger partial charge in [-0.05, 0) is 23.5 Å². The van der Waals surface area contributed by atoms with Crippen molar-refractivity contribution in [3.63, 3.8) is 0 Å². The van der Waals surface area contributed by atoms with Crippen molar-refractivity contribution in [1.82, 2.24) is 15.5 Å². The van der Waals surface area contributed by atoms with Crippen molar-refractivity contribution in [3.8, 4) is 0 Å². The van der Waals surface area contributed by atoms with Gasteiger partial charge < -0.3 is 21.1 Å². The van der Waals surface area contributed by atoms with Crippen LogP contribution in [0.5, 0.6) is 0 Å². The molecule has 10 heteroatoms. The Morgan fingerprint density at radius 2 is 1.61 bits per heavy atom. The number of carbonyl (C=O) groups excluding carboxylic acids is 5. The molecule has 0 radical (unpaired) electrons. The highest BCUT2D eigenvalue weighted by molar-refractivity contribution is 6.01. The number of rotatable bonds is 11. The third-order valence-electron chi connectivity index (χ3n) is 6.65. The number of ether oxygens (including phenoxy) is 1. The number of benzene rings is 2. The van der Waals surface area contributed by atoms with Gasteiger partial charge in [0.25, 0.3) is 0 Å². The molecule has 38 heavy (non-hydrogen) atoms. The molecule has 0 aliphatic carbocycles. The van der Waals surface area contributed by atoms with Crippen molar-refractivity contribution >= 4 is 29.7 Å². The minimum atomic E-state index is -1.11. The zero-order valence-electron chi connectivity index (χ0n) is 21.6. The molecule has 0 aromatic heterocycles. The number of hydrogen-bond acceptors (Lipinski definition) is 6. The largest absolute Gasteiger partial charge is 0.444 e. The Kier molecular flexibility index (Phi) is 9.98. The minimum Gasteiger partial charge on any atom is -0.444 e. The highest BCUT2D eigenvalue weighted by Gasteiger charge is 2.43. The molecule has 1 heterocycles. The quantitative estimate of drug-likeness (QED) is 0.411. The predicted molar refractivity (Wildman–Crippen MR) is 139 cm³/mol. The first-order valence-electron chi connectivity index (χ1n) is 12.7. The molecule has 2 aromatic rings. The standard InChI is InChI=1S/C28H34N4O6/c1-3-18(2)24(27(36)30-21(25(29)34)16-19-10-6-4-7-11-19)31-26(35)22-14-15-23(33)32(22)28(37)38-17-20-12-8-5-9-13-20/h4-13,18,21-22,24H,3,14-17H2,1-2H3,(H2,29,34)(H,30,36)(H,31,35)/t18-,21+,22+,24-/m0/s1. The number of likely N-dealkylation sites (tertiary alicyclic amines) is 1. The number of nitrogens with one attached hydrogen (secondary N) is 2. The lowest BCUT2D eigenvalue weighted by Crippen LogP contribution is -2.58. The van der Waals surface area contributed by atoms with E-state index in [2.05, 4.69) is 10.6 Å². The number of primary amides is 1. The summed E-state index contributed by atoms with van der Waals surface area (Å²) in [5, 5.41) is 5.35. The summed E-state index contributed by atoms with van der Waals surface area (Å²) in [6, 6.07) is 15.0. The molecule has 0 spiro atoms. The van der Waals surface area contributed by atoms with Crippen LogP contribution < -0.4 is 16.4 Å². The van der Waals surface area contributed by atoms with Crippen LogP contribution in [0, 0.1) is 5.92 Å². The van der Waals surface area contributed by atoms with Crippen LogP contribution >= 0.6 is 0 Å². The SMILES string of the molecule is CC[C@H](C)[C@H](NC(=O)[C@H]1CCC(=O)N1C(=O)OCc1ccccc1)C(=O)N[C@H](Cc1ccccc1)C(N)=O. The molecule has 0 bridgehead atoms. The number of carbonyl (C=O) groups is 5. The summed E-state index contributed by atoms with van der Waals surface area (Å²) in [6.45, 7) is 3.59. The number of nitrogens with two attached hydrogens (primary N) is 1. The van der Waals surface area contributed by atoms with Gasteiger partial charge in [0, 0.05) is 12.8 Å². The summed E-state index contributed by atoms with van der Waals surface area (Å²) in [6.07, 6.45) is -0.0682. The molecule has 0 unspecified atom stereocenters. The fraction of sp³-hybridized carbons (Fsp3) is 0.393. The lowest BCUT2D eigenvalue weighted by molar-refractivity contribution is -0.136. The van der Waals surface area contributed by atoms with E-state index in [1.165, 1.54) is 0 Å². The Morgan fingerprint density at radius 1 is 1.00 bits per heavy atom. The summed E-state index contributed by atoms with van der Waals surface area (Å²) >= 11 is 0. The maximum Gasteiger partial charge on any atom is 0.417 e. The first-order valence-corrected chi connectivity index (χ1v) is 12.7. The lowest BCUT2D eigenvalue weighted by Gasteiger charge is -2.28. The van der Waals surface area contributed by atoms with Crippen molar-refractivity contribution < 1.29 is 28.7 Å². The van der Waals surface area contributed by atoms with Gasteiger partial charge in [0.2, 0.25) is 23.6 Å². The molecule has 2 aromatic carbocycles. The molecule has 1 aliphatic rings. The van der Waals surface area contributed by atoms with E-state index in [4.69, 9.17) is 10.5 Å². The van der Waals surface area contributed by atoms with Gasteiger partial charge in [-0.3, -0.25) is 19.2 Å². The van der Waals surface area contributed by atoms with Crippen molar-refractivity contribution in [1.29, 1.82) is 0 Å². The Balaban J connectivity index is 1.68. The van der Waals surface area contributed by atoms with Gasteiger partial charge in [-0.25, -0.2) is 9.69 Å². The Morgan fingerprint density at radius 3 is 2.18 bits per heavy atom. The molecular formula is C28H34N4O6. The number of imide groups is 1. The van der Waals surface area contributed by atoms with Gasteiger partial charge in [0.1, 0.15) is 24.7 Å². The van der Waals surface area contributed by atoms with Crippen LogP contribution in [0.1, 0.15) is 44.2 Å². The molecule has 202 valence electrons. The van der Waals surface area contributed by atoms with Gasteiger partial charge in [-0.1, -0.05) is 80.9 Å². The van der Waals surface area contributed by atoms with E-state index in [9.17, 15) is 24.0 Å². The van der Waals surface area contributed by atoms with E-state index in [1.807, 2.05) is 43.3 Å². The molecule has 1 aliphatic heterocycles. The Bertz CT molecular complexity index is 1140. The van der Waals surface area contributed by atoms with Crippen molar-refractivity contribution in [2.24, 2.45) is 11.7 Å². The molecule has 4 atom stereocenters. The number of amides is 5. The fourth-order valence-corrected chi connectivity index (χ4v) is 4.24. The maximum atomic E-state index is 13.2. The van der Waals surface area contributed by atoms with Gasteiger partial charge in [0.15, 0.2) is 0 Å². The van der Waals surface area contributed by atoms with Crippen molar-refractivity contribution in [2.75, 3.05) is 0 Å². The van der Waals surface area contributed by atoms with E-state index < -0.39 is 47.8 Å². The van der Waals surface area contributed by atoms with Gasteiger partial charge in [0.05, 0.1) is 0 Å². The van der Waals surface area contributed by atoms with E-state index in [0.29, 0.717) is 6.42 Å². The second kappa shape index (κ2) is 13.4. The minimum absolute atomic E-state index is 0.000453. The van der Waals surface area contributed by atoms with Crippen LogP contribution in [0.4, 0.5) is 4.79 Å². The smallest absolute Gasteiger partial charge is 0.417 e. The maximum absolute atomic E-state index is 13.2. The fourth-order valence-electron chi connectivity index (χ4n) is 4.24. The van der Waals surface area contributed by atoms with Crippen LogP contribution in [0.3, 0.4) is 0 Å². The van der Waals surface area contributed by atoms with Gasteiger partial charge >= 0.3 is 6.09 Å². The monoisotopic (exact) mass is 522 g/mol. The first-order chi connectivity index (χ1) is 18.2. The summed E-state index contributed by atoms with van der Waals surface area (Å²) < 4.78 is 5.27. The number of nitrogens with zero attached hydrogens (tertiary/aromatic N) is 1.